The molecule has 7 heteroatoms. The van der Waals surface area contributed by atoms with Crippen molar-refractivity contribution in [1.29, 1.82) is 0 Å². The van der Waals surface area contributed by atoms with Crippen molar-refractivity contribution in [3.05, 3.63) is 95.1 Å². The Morgan fingerprint density at radius 3 is 2.23 bits per heavy atom. The minimum absolute atomic E-state index is 0.122. The Kier molecular flexibility index (Phi) is 6.24. The van der Waals surface area contributed by atoms with Crippen LogP contribution in [-0.2, 0) is 16.1 Å². The zero-order valence-electron chi connectivity index (χ0n) is 16.9. The van der Waals surface area contributed by atoms with Gasteiger partial charge in [-0.15, -0.1) is 11.3 Å². The summed E-state index contributed by atoms with van der Waals surface area (Å²) in [6.07, 6.45) is 0. The lowest BCUT2D eigenvalue weighted by atomic mass is 9.90. The molecule has 0 bridgehead atoms. The normalized spacial score (nSPS) is 10.8. The topological polar surface area (TPSA) is 84.2 Å². The zero-order chi connectivity index (χ0) is 21.6. The zero-order valence-corrected chi connectivity index (χ0v) is 17.7. The summed E-state index contributed by atoms with van der Waals surface area (Å²) < 4.78 is 5.74. The summed E-state index contributed by atoms with van der Waals surface area (Å²) in [4.78, 5) is 28.8. The number of nitrogens with one attached hydrogen (secondary N) is 2. The summed E-state index contributed by atoms with van der Waals surface area (Å²) in [7, 11) is 0. The number of hydrogen-bond donors (Lipinski definition) is 2. The Bertz CT molecular complexity index is 1130. The number of rotatable bonds is 7. The fourth-order valence-corrected chi connectivity index (χ4v) is 3.93. The molecule has 0 saturated carbocycles. The molecule has 0 aliphatic heterocycles. The van der Waals surface area contributed by atoms with Crippen LogP contribution in [0, 0.1) is 0 Å². The number of carbonyl (C=O) groups excluding carboxylic acids is 2. The van der Waals surface area contributed by atoms with Gasteiger partial charge in [0.15, 0.2) is 10.9 Å². The summed E-state index contributed by atoms with van der Waals surface area (Å²) in [5.41, 5.74) is 2.46. The Balaban J connectivity index is 1.51. The first-order valence-electron chi connectivity index (χ1n) is 9.80. The summed E-state index contributed by atoms with van der Waals surface area (Å²) in [6.45, 7) is 1.77. The number of amides is 2. The first-order chi connectivity index (χ1) is 15.1. The number of thiazole rings is 1. The second kappa shape index (κ2) is 9.40. The molecule has 4 rings (SSSR count). The molecular formula is C24H21N3O3S. The van der Waals surface area contributed by atoms with E-state index in [1.165, 1.54) is 18.3 Å². The van der Waals surface area contributed by atoms with Gasteiger partial charge in [0.25, 0.3) is 0 Å². The van der Waals surface area contributed by atoms with Gasteiger partial charge in [0.1, 0.15) is 11.5 Å². The second-order valence-corrected chi connectivity index (χ2v) is 7.82. The van der Waals surface area contributed by atoms with Crippen molar-refractivity contribution in [2.24, 2.45) is 0 Å². The van der Waals surface area contributed by atoms with Crippen LogP contribution < -0.4 is 10.6 Å². The maximum absolute atomic E-state index is 13.2. The maximum atomic E-state index is 13.2. The lowest BCUT2D eigenvalue weighted by Crippen LogP contribution is -2.22. The van der Waals surface area contributed by atoms with Gasteiger partial charge in [-0.1, -0.05) is 60.7 Å². The number of aromatic nitrogens is 1. The predicted octanol–water partition coefficient (Wildman–Crippen LogP) is 4.81. The van der Waals surface area contributed by atoms with E-state index >= 15 is 0 Å². The SMILES string of the molecule is CC(=O)NCc1ccc(-c2csc(NC(=O)C(c3ccccc3)c3ccccc3)n2)o1. The van der Waals surface area contributed by atoms with Crippen molar-refractivity contribution in [2.45, 2.75) is 19.4 Å². The van der Waals surface area contributed by atoms with E-state index in [-0.39, 0.29) is 11.8 Å². The summed E-state index contributed by atoms with van der Waals surface area (Å²) in [6, 6.07) is 23.0. The molecule has 0 radical (unpaired) electrons. The average Bonchev–Trinajstić information content (AvgIpc) is 3.43. The van der Waals surface area contributed by atoms with Crippen LogP contribution >= 0.6 is 11.3 Å². The standard InChI is InChI=1S/C24H21N3O3S/c1-16(28)25-14-19-12-13-21(30-19)20-15-31-24(26-20)27-23(29)22(17-8-4-2-5-9-17)18-10-6-3-7-11-18/h2-13,15,22H,14H2,1H3,(H,25,28)(H,26,27,29). The van der Waals surface area contributed by atoms with E-state index in [0.717, 1.165) is 11.1 Å². The number of anilines is 1. The van der Waals surface area contributed by atoms with Crippen molar-refractivity contribution in [3.63, 3.8) is 0 Å². The van der Waals surface area contributed by atoms with Crippen LogP contribution in [0.15, 0.2) is 82.6 Å². The van der Waals surface area contributed by atoms with Crippen LogP contribution in [0.5, 0.6) is 0 Å². The van der Waals surface area contributed by atoms with Crippen molar-refractivity contribution in [1.82, 2.24) is 10.3 Å². The fraction of sp³-hybridized carbons (Fsp3) is 0.125. The van der Waals surface area contributed by atoms with Gasteiger partial charge in [-0.3, -0.25) is 9.59 Å². The molecule has 2 N–H and O–H groups in total. The summed E-state index contributed by atoms with van der Waals surface area (Å²) >= 11 is 1.34. The molecule has 2 aromatic carbocycles. The highest BCUT2D eigenvalue weighted by Crippen LogP contribution is 2.30. The summed E-state index contributed by atoms with van der Waals surface area (Å²) in [5.74, 6) is 0.506. The number of carbonyl (C=O) groups is 2. The van der Waals surface area contributed by atoms with E-state index in [2.05, 4.69) is 15.6 Å². The van der Waals surface area contributed by atoms with Gasteiger partial charge >= 0.3 is 0 Å². The van der Waals surface area contributed by atoms with Crippen molar-refractivity contribution in [2.75, 3.05) is 5.32 Å². The first kappa shape index (κ1) is 20.6. The molecule has 2 aromatic heterocycles. The monoisotopic (exact) mass is 431 g/mol. The molecule has 4 aromatic rings. The highest BCUT2D eigenvalue weighted by molar-refractivity contribution is 7.14. The minimum atomic E-state index is -0.442. The molecule has 0 aliphatic rings. The molecule has 2 amide bonds. The van der Waals surface area contributed by atoms with Crippen molar-refractivity contribution in [3.8, 4) is 11.5 Å². The average molecular weight is 432 g/mol. The Labute approximate surface area is 184 Å². The van der Waals surface area contributed by atoms with Gasteiger partial charge in [-0.2, -0.15) is 0 Å². The molecule has 6 nitrogen and oxygen atoms in total. The molecule has 0 fully saturated rings. The second-order valence-electron chi connectivity index (χ2n) is 6.96. The maximum Gasteiger partial charge on any atom is 0.238 e. The Morgan fingerprint density at radius 2 is 1.61 bits per heavy atom. The van der Waals surface area contributed by atoms with Crippen LogP contribution in [0.1, 0.15) is 29.7 Å². The third kappa shape index (κ3) is 5.07. The first-order valence-corrected chi connectivity index (χ1v) is 10.7. The van der Waals surface area contributed by atoms with Crippen LogP contribution in [0.25, 0.3) is 11.5 Å². The van der Waals surface area contributed by atoms with Crippen molar-refractivity contribution < 1.29 is 14.0 Å². The van der Waals surface area contributed by atoms with Gasteiger partial charge in [-0.05, 0) is 23.3 Å². The molecule has 0 spiro atoms. The highest BCUT2D eigenvalue weighted by Gasteiger charge is 2.23. The molecule has 0 aliphatic carbocycles. The van der Waals surface area contributed by atoms with Crippen molar-refractivity contribution >= 4 is 28.3 Å². The smallest absolute Gasteiger partial charge is 0.238 e. The van der Waals surface area contributed by atoms with Gasteiger partial charge in [-0.25, -0.2) is 4.98 Å². The van der Waals surface area contributed by atoms with E-state index < -0.39 is 5.92 Å². The number of benzene rings is 2. The molecule has 0 saturated heterocycles. The van der Waals surface area contributed by atoms with E-state index in [9.17, 15) is 9.59 Å². The van der Waals surface area contributed by atoms with E-state index in [1.807, 2.05) is 66.0 Å². The molecule has 0 unspecified atom stereocenters. The lowest BCUT2D eigenvalue weighted by molar-refractivity contribution is -0.119. The number of furan rings is 1. The van der Waals surface area contributed by atoms with E-state index in [1.54, 1.807) is 12.1 Å². The quantitative estimate of drug-likeness (QED) is 0.440. The number of hydrogen-bond acceptors (Lipinski definition) is 5. The van der Waals surface area contributed by atoms with Crippen LogP contribution in [0.2, 0.25) is 0 Å². The van der Waals surface area contributed by atoms with E-state index in [4.69, 9.17) is 4.42 Å². The number of nitrogens with zero attached hydrogens (tertiary/aromatic N) is 1. The van der Waals surface area contributed by atoms with Gasteiger partial charge < -0.3 is 15.1 Å². The minimum Gasteiger partial charge on any atom is -0.458 e. The predicted molar refractivity (Wildman–Crippen MR) is 121 cm³/mol. The largest absolute Gasteiger partial charge is 0.458 e. The Morgan fingerprint density at radius 1 is 0.968 bits per heavy atom. The van der Waals surface area contributed by atoms with Gasteiger partial charge in [0, 0.05) is 12.3 Å². The summed E-state index contributed by atoms with van der Waals surface area (Å²) in [5, 5.41) is 7.97. The lowest BCUT2D eigenvalue weighted by Gasteiger charge is -2.17. The van der Waals surface area contributed by atoms with Gasteiger partial charge in [0.05, 0.1) is 12.5 Å². The molecule has 31 heavy (non-hydrogen) atoms. The Hall–Kier alpha value is -3.71. The van der Waals surface area contributed by atoms with Crippen LogP contribution in [-0.4, -0.2) is 16.8 Å². The van der Waals surface area contributed by atoms with E-state index in [0.29, 0.717) is 28.9 Å². The molecular weight excluding hydrogens is 410 g/mol. The third-order valence-corrected chi connectivity index (χ3v) is 5.45. The third-order valence-electron chi connectivity index (χ3n) is 4.69. The van der Waals surface area contributed by atoms with Gasteiger partial charge in [0.2, 0.25) is 11.8 Å². The molecule has 156 valence electrons. The highest BCUT2D eigenvalue weighted by atomic mass is 32.1. The molecule has 2 heterocycles. The molecule has 0 atom stereocenters. The van der Waals surface area contributed by atoms with Crippen LogP contribution in [0.4, 0.5) is 5.13 Å². The fourth-order valence-electron chi connectivity index (χ4n) is 3.23. The van der Waals surface area contributed by atoms with Crippen LogP contribution in [0.3, 0.4) is 0 Å².